The van der Waals surface area contributed by atoms with Crippen molar-refractivity contribution in [1.29, 1.82) is 0 Å². The molecule has 0 aliphatic carbocycles. The maximum atomic E-state index is 13.4. The number of methoxy groups -OCH3 is 1. The van der Waals surface area contributed by atoms with Crippen molar-refractivity contribution in [2.45, 2.75) is 13.5 Å². The van der Waals surface area contributed by atoms with Gasteiger partial charge in [0.05, 0.1) is 19.9 Å². The molecule has 8 heteroatoms. The number of hydrogen-bond donors (Lipinski definition) is 1. The van der Waals surface area contributed by atoms with E-state index in [4.69, 9.17) is 18.9 Å². The SMILES string of the molecule is C=CCOc1ccc(C(=O)N/N=C/c2ccc(OCc3cccc(F)c3)c(OCC)c2)cc1OC. The summed E-state index contributed by atoms with van der Waals surface area (Å²) in [6, 6.07) is 16.3. The third-order valence-electron chi connectivity index (χ3n) is 4.71. The van der Waals surface area contributed by atoms with Crippen molar-refractivity contribution in [2.75, 3.05) is 20.3 Å². The molecule has 0 heterocycles. The molecule has 0 spiro atoms. The van der Waals surface area contributed by atoms with Crippen LogP contribution in [0.2, 0.25) is 0 Å². The number of rotatable bonds is 12. The quantitative estimate of drug-likeness (QED) is 0.222. The number of halogens is 1. The summed E-state index contributed by atoms with van der Waals surface area (Å²) in [5.41, 5.74) is 4.25. The van der Waals surface area contributed by atoms with Gasteiger partial charge in [-0.25, -0.2) is 9.82 Å². The van der Waals surface area contributed by atoms with Gasteiger partial charge in [-0.05, 0) is 66.6 Å². The predicted molar refractivity (Wildman–Crippen MR) is 132 cm³/mol. The molecular formula is C27H27FN2O5. The number of hydrazone groups is 1. The summed E-state index contributed by atoms with van der Waals surface area (Å²) < 4.78 is 35.7. The van der Waals surface area contributed by atoms with E-state index in [2.05, 4.69) is 17.1 Å². The molecule has 3 aromatic carbocycles. The fourth-order valence-corrected chi connectivity index (χ4v) is 3.09. The first-order chi connectivity index (χ1) is 17.0. The van der Waals surface area contributed by atoms with E-state index in [1.165, 1.54) is 25.5 Å². The normalized spacial score (nSPS) is 10.6. The third-order valence-corrected chi connectivity index (χ3v) is 4.71. The lowest BCUT2D eigenvalue weighted by Crippen LogP contribution is -2.17. The molecule has 3 rings (SSSR count). The summed E-state index contributed by atoms with van der Waals surface area (Å²) >= 11 is 0. The van der Waals surface area contributed by atoms with Crippen LogP contribution in [0.1, 0.15) is 28.4 Å². The van der Waals surface area contributed by atoms with Gasteiger partial charge in [-0.3, -0.25) is 4.79 Å². The van der Waals surface area contributed by atoms with Crippen LogP contribution in [-0.4, -0.2) is 32.4 Å². The van der Waals surface area contributed by atoms with Gasteiger partial charge < -0.3 is 18.9 Å². The molecule has 0 bridgehead atoms. The van der Waals surface area contributed by atoms with E-state index in [0.29, 0.717) is 52.9 Å². The van der Waals surface area contributed by atoms with Crippen molar-refractivity contribution in [3.63, 3.8) is 0 Å². The Morgan fingerprint density at radius 1 is 1.00 bits per heavy atom. The van der Waals surface area contributed by atoms with Gasteiger partial charge in [-0.2, -0.15) is 5.10 Å². The van der Waals surface area contributed by atoms with Crippen LogP contribution in [0.15, 0.2) is 78.4 Å². The molecule has 0 unspecified atom stereocenters. The van der Waals surface area contributed by atoms with Gasteiger partial charge in [-0.1, -0.05) is 24.8 Å². The van der Waals surface area contributed by atoms with Crippen LogP contribution in [-0.2, 0) is 6.61 Å². The van der Waals surface area contributed by atoms with Crippen molar-refractivity contribution < 1.29 is 28.1 Å². The van der Waals surface area contributed by atoms with Crippen molar-refractivity contribution >= 4 is 12.1 Å². The molecule has 35 heavy (non-hydrogen) atoms. The number of carbonyl (C=O) groups is 1. The molecule has 3 aromatic rings. The lowest BCUT2D eigenvalue weighted by atomic mass is 10.2. The predicted octanol–water partition coefficient (Wildman–Crippen LogP) is 5.14. The monoisotopic (exact) mass is 478 g/mol. The zero-order valence-corrected chi connectivity index (χ0v) is 19.6. The Kier molecular flexibility index (Phi) is 9.24. The smallest absolute Gasteiger partial charge is 0.271 e. The van der Waals surface area contributed by atoms with Gasteiger partial charge in [0.25, 0.3) is 5.91 Å². The number of hydrogen-bond acceptors (Lipinski definition) is 6. The molecule has 0 saturated heterocycles. The summed E-state index contributed by atoms with van der Waals surface area (Å²) in [4.78, 5) is 12.5. The van der Waals surface area contributed by atoms with Crippen LogP contribution in [0.25, 0.3) is 0 Å². The molecule has 0 fully saturated rings. The Morgan fingerprint density at radius 2 is 1.80 bits per heavy atom. The summed E-state index contributed by atoms with van der Waals surface area (Å²) in [6.45, 7) is 6.42. The fraction of sp³-hybridized carbons (Fsp3) is 0.185. The van der Waals surface area contributed by atoms with E-state index in [0.717, 1.165) is 0 Å². The first kappa shape index (κ1) is 25.3. The number of nitrogens with zero attached hydrogens (tertiary/aromatic N) is 1. The Balaban J connectivity index is 1.65. The zero-order valence-electron chi connectivity index (χ0n) is 19.6. The largest absolute Gasteiger partial charge is 0.493 e. The second-order valence-corrected chi connectivity index (χ2v) is 7.22. The Hall–Kier alpha value is -4.33. The van der Waals surface area contributed by atoms with Gasteiger partial charge in [0.2, 0.25) is 0 Å². The topological polar surface area (TPSA) is 78.4 Å². The number of ether oxygens (including phenoxy) is 4. The number of benzene rings is 3. The molecular weight excluding hydrogens is 451 g/mol. The van der Waals surface area contributed by atoms with Gasteiger partial charge in [-0.15, -0.1) is 0 Å². The van der Waals surface area contributed by atoms with E-state index in [-0.39, 0.29) is 12.4 Å². The lowest BCUT2D eigenvalue weighted by molar-refractivity contribution is 0.0954. The lowest BCUT2D eigenvalue weighted by Gasteiger charge is -2.12. The highest BCUT2D eigenvalue weighted by molar-refractivity contribution is 5.95. The van der Waals surface area contributed by atoms with Gasteiger partial charge >= 0.3 is 0 Å². The fourth-order valence-electron chi connectivity index (χ4n) is 3.09. The number of carbonyl (C=O) groups excluding carboxylic acids is 1. The summed E-state index contributed by atoms with van der Waals surface area (Å²) in [5.74, 6) is 1.24. The Bertz CT molecular complexity index is 1200. The highest BCUT2D eigenvalue weighted by atomic mass is 19.1. The molecule has 1 amide bonds. The molecule has 0 aliphatic rings. The van der Waals surface area contributed by atoms with Gasteiger partial charge in [0.15, 0.2) is 23.0 Å². The van der Waals surface area contributed by atoms with E-state index in [1.807, 2.05) is 6.92 Å². The van der Waals surface area contributed by atoms with E-state index >= 15 is 0 Å². The minimum Gasteiger partial charge on any atom is -0.493 e. The van der Waals surface area contributed by atoms with Crippen molar-refractivity contribution in [2.24, 2.45) is 5.10 Å². The van der Waals surface area contributed by atoms with Crippen LogP contribution in [0.4, 0.5) is 4.39 Å². The van der Waals surface area contributed by atoms with Crippen LogP contribution in [0.5, 0.6) is 23.0 Å². The molecule has 0 aliphatic heterocycles. The second kappa shape index (κ2) is 12.8. The summed E-state index contributed by atoms with van der Waals surface area (Å²) in [6.07, 6.45) is 3.12. The van der Waals surface area contributed by atoms with Crippen LogP contribution in [0, 0.1) is 5.82 Å². The van der Waals surface area contributed by atoms with E-state index < -0.39 is 5.91 Å². The van der Waals surface area contributed by atoms with Gasteiger partial charge in [0.1, 0.15) is 19.0 Å². The van der Waals surface area contributed by atoms with E-state index in [9.17, 15) is 9.18 Å². The molecule has 0 aromatic heterocycles. The first-order valence-corrected chi connectivity index (χ1v) is 10.9. The average Bonchev–Trinajstić information content (AvgIpc) is 2.87. The van der Waals surface area contributed by atoms with Crippen LogP contribution < -0.4 is 24.4 Å². The standard InChI is InChI=1S/C27H27FN2O5/c1-4-13-34-23-12-10-21(16-25(23)32-3)27(31)30-29-17-19-9-11-24(26(15-19)33-5-2)35-18-20-7-6-8-22(28)14-20/h4,6-12,14-17H,1,5,13,18H2,2-3H3,(H,30,31)/b29-17+. The van der Waals surface area contributed by atoms with Gasteiger partial charge in [0, 0.05) is 5.56 Å². The number of nitrogens with one attached hydrogen (secondary N) is 1. The highest BCUT2D eigenvalue weighted by Crippen LogP contribution is 2.29. The minimum absolute atomic E-state index is 0.197. The first-order valence-electron chi connectivity index (χ1n) is 10.9. The molecule has 0 saturated carbocycles. The maximum Gasteiger partial charge on any atom is 0.271 e. The Labute approximate surface area is 203 Å². The van der Waals surface area contributed by atoms with Crippen LogP contribution in [0.3, 0.4) is 0 Å². The van der Waals surface area contributed by atoms with E-state index in [1.54, 1.807) is 54.6 Å². The van der Waals surface area contributed by atoms with Crippen LogP contribution >= 0.6 is 0 Å². The molecule has 0 radical (unpaired) electrons. The van der Waals surface area contributed by atoms with Crippen molar-refractivity contribution in [3.8, 4) is 23.0 Å². The summed E-state index contributed by atoms with van der Waals surface area (Å²) in [5, 5.41) is 4.03. The second-order valence-electron chi connectivity index (χ2n) is 7.22. The molecule has 0 atom stereocenters. The van der Waals surface area contributed by atoms with Crippen molar-refractivity contribution in [1.82, 2.24) is 5.43 Å². The highest BCUT2D eigenvalue weighted by Gasteiger charge is 2.11. The number of amides is 1. The Morgan fingerprint density at radius 3 is 2.54 bits per heavy atom. The van der Waals surface area contributed by atoms with Crippen molar-refractivity contribution in [3.05, 3.63) is 95.8 Å². The minimum atomic E-state index is -0.408. The molecule has 7 nitrogen and oxygen atoms in total. The molecule has 1 N–H and O–H groups in total. The summed E-state index contributed by atoms with van der Waals surface area (Å²) in [7, 11) is 1.50. The average molecular weight is 479 g/mol. The third kappa shape index (κ3) is 7.33. The zero-order chi connectivity index (χ0) is 25.0. The maximum absolute atomic E-state index is 13.4. The molecule has 182 valence electrons.